The Bertz CT molecular complexity index is 616. The topological polar surface area (TPSA) is 95.7 Å². The van der Waals surface area contributed by atoms with Crippen molar-refractivity contribution in [3.05, 3.63) is 33.4 Å². The maximum absolute atomic E-state index is 12.5. The lowest BCUT2D eigenvalue weighted by Crippen LogP contribution is -2.40. The first-order valence-electron chi connectivity index (χ1n) is 7.81. The third-order valence-corrected chi connectivity index (χ3v) is 4.23. The highest BCUT2D eigenvalue weighted by molar-refractivity contribution is 5.91. The third kappa shape index (κ3) is 3.98. The fourth-order valence-electron chi connectivity index (χ4n) is 3.10. The van der Waals surface area contributed by atoms with Crippen LogP contribution in [0.1, 0.15) is 37.3 Å². The molecule has 2 amide bonds. The predicted octanol–water partition coefficient (Wildman–Crippen LogP) is 2.98. The van der Waals surface area contributed by atoms with E-state index >= 15 is 0 Å². The molecule has 0 aliphatic carbocycles. The van der Waals surface area contributed by atoms with E-state index in [0.717, 1.165) is 18.4 Å². The van der Waals surface area contributed by atoms with Crippen LogP contribution in [0, 0.1) is 24.0 Å². The van der Waals surface area contributed by atoms with Crippen molar-refractivity contribution in [2.45, 2.75) is 52.2 Å². The number of urea groups is 1. The van der Waals surface area contributed by atoms with E-state index in [9.17, 15) is 20.0 Å². The predicted molar refractivity (Wildman–Crippen MR) is 87.6 cm³/mol. The summed E-state index contributed by atoms with van der Waals surface area (Å²) in [7, 11) is 0. The minimum atomic E-state index is -0.462. The number of anilines is 1. The van der Waals surface area contributed by atoms with Crippen LogP contribution in [0.3, 0.4) is 0 Å². The number of aliphatic hydroxyl groups excluding tert-OH is 1. The Hall–Kier alpha value is -2.15. The van der Waals surface area contributed by atoms with Gasteiger partial charge >= 0.3 is 6.03 Å². The molecule has 2 N–H and O–H groups in total. The first kappa shape index (κ1) is 17.2. The fraction of sp³-hybridized carbons (Fsp3) is 0.562. The van der Waals surface area contributed by atoms with E-state index in [1.165, 1.54) is 6.07 Å². The van der Waals surface area contributed by atoms with E-state index < -0.39 is 11.0 Å². The van der Waals surface area contributed by atoms with Crippen LogP contribution in [0.5, 0.6) is 0 Å². The van der Waals surface area contributed by atoms with Gasteiger partial charge in [0.1, 0.15) is 0 Å². The Morgan fingerprint density at radius 1 is 1.48 bits per heavy atom. The van der Waals surface area contributed by atoms with Gasteiger partial charge in [-0.1, -0.05) is 0 Å². The molecule has 1 aliphatic heterocycles. The lowest BCUT2D eigenvalue weighted by atomic mass is 10.1. The number of nitrogens with one attached hydrogen (secondary N) is 1. The highest BCUT2D eigenvalue weighted by Gasteiger charge is 2.30. The first-order valence-corrected chi connectivity index (χ1v) is 7.81. The molecule has 1 aromatic rings. The van der Waals surface area contributed by atoms with Crippen LogP contribution in [0.4, 0.5) is 16.2 Å². The van der Waals surface area contributed by atoms with Gasteiger partial charge in [-0.15, -0.1) is 0 Å². The van der Waals surface area contributed by atoms with Crippen LogP contribution in [-0.2, 0) is 0 Å². The summed E-state index contributed by atoms with van der Waals surface area (Å²) in [6.45, 7) is 5.83. The van der Waals surface area contributed by atoms with Crippen LogP contribution in [0.2, 0.25) is 0 Å². The molecule has 2 rings (SSSR count). The van der Waals surface area contributed by atoms with Crippen molar-refractivity contribution in [3.63, 3.8) is 0 Å². The Morgan fingerprint density at radius 3 is 2.78 bits per heavy atom. The van der Waals surface area contributed by atoms with E-state index in [-0.39, 0.29) is 17.8 Å². The molecular weight excluding hydrogens is 298 g/mol. The van der Waals surface area contributed by atoms with Crippen molar-refractivity contribution in [1.82, 2.24) is 4.90 Å². The molecule has 126 valence electrons. The lowest BCUT2D eigenvalue weighted by molar-refractivity contribution is -0.385. The monoisotopic (exact) mass is 321 g/mol. The number of aliphatic hydroxyl groups is 1. The summed E-state index contributed by atoms with van der Waals surface area (Å²) in [5, 5.41) is 23.4. The third-order valence-electron chi connectivity index (χ3n) is 4.23. The quantitative estimate of drug-likeness (QED) is 0.658. The Morgan fingerprint density at radius 2 is 2.17 bits per heavy atom. The Balaban J connectivity index is 2.16. The van der Waals surface area contributed by atoms with Gasteiger partial charge in [-0.3, -0.25) is 10.1 Å². The molecule has 0 unspecified atom stereocenters. The van der Waals surface area contributed by atoms with Crippen LogP contribution in [0.25, 0.3) is 0 Å². The molecule has 0 spiro atoms. The summed E-state index contributed by atoms with van der Waals surface area (Å²) in [6.07, 6.45) is 1.85. The molecule has 0 aromatic heterocycles. The smallest absolute Gasteiger partial charge is 0.322 e. The van der Waals surface area contributed by atoms with E-state index in [0.29, 0.717) is 24.2 Å². The Labute approximate surface area is 135 Å². The highest BCUT2D eigenvalue weighted by Crippen LogP contribution is 2.28. The number of hydrogen-bond acceptors (Lipinski definition) is 4. The maximum Gasteiger partial charge on any atom is 0.322 e. The number of nitrogens with zero attached hydrogens (tertiary/aromatic N) is 2. The minimum absolute atomic E-state index is 0.00662. The van der Waals surface area contributed by atoms with Crippen LogP contribution in [0.15, 0.2) is 12.1 Å². The van der Waals surface area contributed by atoms with Crippen molar-refractivity contribution in [2.24, 2.45) is 0 Å². The maximum atomic E-state index is 12.5. The number of hydrogen-bond donors (Lipinski definition) is 2. The van der Waals surface area contributed by atoms with Crippen molar-refractivity contribution >= 4 is 17.4 Å². The van der Waals surface area contributed by atoms with Gasteiger partial charge in [-0.05, 0) is 51.7 Å². The molecule has 23 heavy (non-hydrogen) atoms. The number of likely N-dealkylation sites (tertiary alicyclic amines) is 1. The zero-order valence-corrected chi connectivity index (χ0v) is 13.7. The first-order chi connectivity index (χ1) is 10.8. The molecule has 1 saturated heterocycles. The average molecular weight is 321 g/mol. The lowest BCUT2D eigenvalue weighted by Gasteiger charge is -2.26. The van der Waals surface area contributed by atoms with Gasteiger partial charge in [0.05, 0.1) is 16.7 Å². The van der Waals surface area contributed by atoms with Crippen LogP contribution >= 0.6 is 0 Å². The number of amides is 2. The molecular formula is C16H23N3O4. The standard InChI is InChI=1S/C16H23N3O4/c1-10-7-11(2)15(19(22)23)9-14(10)17-16(21)18-6-4-5-13(18)8-12(3)20/h7,9,12-13,20H,4-6,8H2,1-3H3,(H,17,21)/t12-,13+/m1/s1. The van der Waals surface area contributed by atoms with Crippen LogP contribution in [-0.4, -0.2) is 39.7 Å². The second-order valence-electron chi connectivity index (χ2n) is 6.22. The number of rotatable bonds is 4. The highest BCUT2D eigenvalue weighted by atomic mass is 16.6. The second kappa shape index (κ2) is 6.95. The van der Waals surface area contributed by atoms with E-state index in [2.05, 4.69) is 5.32 Å². The molecule has 0 saturated carbocycles. The molecule has 7 nitrogen and oxygen atoms in total. The zero-order valence-electron chi connectivity index (χ0n) is 13.7. The van der Waals surface area contributed by atoms with Crippen molar-refractivity contribution in [2.75, 3.05) is 11.9 Å². The molecule has 0 bridgehead atoms. The van der Waals surface area contributed by atoms with E-state index in [1.54, 1.807) is 24.8 Å². The fourth-order valence-corrected chi connectivity index (χ4v) is 3.10. The number of benzene rings is 1. The number of carbonyl (C=O) groups is 1. The molecule has 0 radical (unpaired) electrons. The van der Waals surface area contributed by atoms with Crippen molar-refractivity contribution in [1.29, 1.82) is 0 Å². The van der Waals surface area contributed by atoms with Gasteiger partial charge in [0.15, 0.2) is 0 Å². The van der Waals surface area contributed by atoms with Gasteiger partial charge < -0.3 is 15.3 Å². The number of aryl methyl sites for hydroxylation is 2. The molecule has 2 atom stereocenters. The summed E-state index contributed by atoms with van der Waals surface area (Å²) in [6, 6.07) is 2.85. The van der Waals surface area contributed by atoms with Gasteiger partial charge in [0, 0.05) is 24.2 Å². The molecule has 1 aliphatic rings. The summed E-state index contributed by atoms with van der Waals surface area (Å²) in [4.78, 5) is 24.8. The van der Waals surface area contributed by atoms with Crippen LogP contribution < -0.4 is 5.32 Å². The largest absolute Gasteiger partial charge is 0.393 e. The summed E-state index contributed by atoms with van der Waals surface area (Å²) in [5.41, 5.74) is 1.80. The molecule has 1 aromatic carbocycles. The zero-order chi connectivity index (χ0) is 17.1. The van der Waals surface area contributed by atoms with Crippen molar-refractivity contribution < 1.29 is 14.8 Å². The van der Waals surface area contributed by atoms with E-state index in [4.69, 9.17) is 0 Å². The van der Waals surface area contributed by atoms with Crippen molar-refractivity contribution in [3.8, 4) is 0 Å². The molecule has 1 fully saturated rings. The number of nitro benzene ring substituents is 1. The normalized spacial score (nSPS) is 18.8. The van der Waals surface area contributed by atoms with E-state index in [1.807, 2.05) is 6.92 Å². The van der Waals surface area contributed by atoms with Gasteiger partial charge in [0.2, 0.25) is 0 Å². The molecule has 1 heterocycles. The van der Waals surface area contributed by atoms with Gasteiger partial charge in [-0.2, -0.15) is 0 Å². The molecule has 7 heteroatoms. The number of nitro groups is 1. The summed E-state index contributed by atoms with van der Waals surface area (Å²) >= 11 is 0. The van der Waals surface area contributed by atoms with Gasteiger partial charge in [-0.25, -0.2) is 4.79 Å². The Kier molecular flexibility index (Phi) is 5.20. The average Bonchev–Trinajstić information content (AvgIpc) is 2.88. The summed E-state index contributed by atoms with van der Waals surface area (Å²) in [5.74, 6) is 0. The number of carbonyl (C=O) groups excluding carboxylic acids is 1. The second-order valence-corrected chi connectivity index (χ2v) is 6.22. The minimum Gasteiger partial charge on any atom is -0.393 e. The SMILES string of the molecule is Cc1cc(C)c([N+](=O)[O-])cc1NC(=O)N1CCC[C@H]1C[C@@H](C)O. The summed E-state index contributed by atoms with van der Waals surface area (Å²) < 4.78 is 0. The van der Waals surface area contributed by atoms with Gasteiger partial charge in [0.25, 0.3) is 5.69 Å².